The molecule has 0 unspecified atom stereocenters. The fourth-order valence-corrected chi connectivity index (χ4v) is 4.89. The standard InChI is InChI=1S/C22H30ClN3O3/c1-15-4-2-3-5-18(15)24-21(27)16-8-10-25(11-9-16)22(28)26-12-13-29-20-7-6-17(23)14-19(20)26/h6-7,14-16,18H,2-5,8-13H2,1H3,(H,24,27)/t15-,18-/m0/s1. The summed E-state index contributed by atoms with van der Waals surface area (Å²) in [6.45, 7) is 4.41. The van der Waals surface area contributed by atoms with Crippen LogP contribution >= 0.6 is 11.6 Å². The summed E-state index contributed by atoms with van der Waals surface area (Å²) in [6, 6.07) is 5.63. The molecule has 2 aliphatic heterocycles. The SMILES string of the molecule is C[C@H]1CCCC[C@@H]1NC(=O)C1CCN(C(=O)N2CCOc3ccc(Cl)cc32)CC1. The van der Waals surface area contributed by atoms with Crippen molar-refractivity contribution in [3.63, 3.8) is 0 Å². The van der Waals surface area contributed by atoms with Crippen LogP contribution in [0.2, 0.25) is 5.02 Å². The number of benzene rings is 1. The number of urea groups is 1. The molecule has 2 fully saturated rings. The molecule has 7 heteroatoms. The third kappa shape index (κ3) is 4.47. The molecule has 4 rings (SSSR count). The molecule has 0 bridgehead atoms. The molecule has 2 atom stereocenters. The quantitative estimate of drug-likeness (QED) is 0.786. The van der Waals surface area contributed by atoms with Gasteiger partial charge in [0.15, 0.2) is 0 Å². The van der Waals surface area contributed by atoms with Gasteiger partial charge in [-0.2, -0.15) is 0 Å². The number of carbonyl (C=O) groups excluding carboxylic acids is 2. The Labute approximate surface area is 177 Å². The highest BCUT2D eigenvalue weighted by Gasteiger charge is 2.33. The number of nitrogens with one attached hydrogen (secondary N) is 1. The third-order valence-corrected chi connectivity index (χ3v) is 6.83. The van der Waals surface area contributed by atoms with Crippen molar-refractivity contribution in [2.24, 2.45) is 11.8 Å². The Morgan fingerprint density at radius 1 is 1.10 bits per heavy atom. The number of rotatable bonds is 2. The zero-order chi connectivity index (χ0) is 20.4. The molecule has 3 aliphatic rings. The maximum Gasteiger partial charge on any atom is 0.324 e. The number of fused-ring (bicyclic) bond motifs is 1. The lowest BCUT2D eigenvalue weighted by Crippen LogP contribution is -2.51. The summed E-state index contributed by atoms with van der Waals surface area (Å²) in [5.74, 6) is 1.41. The number of halogens is 1. The van der Waals surface area contributed by atoms with E-state index in [2.05, 4.69) is 12.2 Å². The second-order valence-corrected chi connectivity index (χ2v) is 8.97. The summed E-state index contributed by atoms with van der Waals surface area (Å²) in [7, 11) is 0. The highest BCUT2D eigenvalue weighted by atomic mass is 35.5. The average molecular weight is 420 g/mol. The van der Waals surface area contributed by atoms with Crippen molar-refractivity contribution in [1.82, 2.24) is 10.2 Å². The van der Waals surface area contributed by atoms with Crippen molar-refractivity contribution in [1.29, 1.82) is 0 Å². The van der Waals surface area contributed by atoms with E-state index in [9.17, 15) is 9.59 Å². The van der Waals surface area contributed by atoms with E-state index in [1.54, 1.807) is 23.1 Å². The highest BCUT2D eigenvalue weighted by molar-refractivity contribution is 6.31. The minimum absolute atomic E-state index is 0.000374. The Kier molecular flexibility index (Phi) is 6.18. The van der Waals surface area contributed by atoms with Crippen LogP contribution < -0.4 is 15.0 Å². The molecule has 1 N–H and O–H groups in total. The van der Waals surface area contributed by atoms with Crippen molar-refractivity contribution in [2.75, 3.05) is 31.1 Å². The van der Waals surface area contributed by atoms with Crippen molar-refractivity contribution < 1.29 is 14.3 Å². The molecule has 29 heavy (non-hydrogen) atoms. The van der Waals surface area contributed by atoms with Gasteiger partial charge in [0.25, 0.3) is 0 Å². The molecule has 1 aliphatic carbocycles. The monoisotopic (exact) mass is 419 g/mol. The smallest absolute Gasteiger partial charge is 0.324 e. The van der Waals surface area contributed by atoms with Crippen LogP contribution in [0, 0.1) is 11.8 Å². The minimum atomic E-state index is -0.0309. The van der Waals surface area contributed by atoms with Gasteiger partial charge in [-0.25, -0.2) is 4.79 Å². The van der Waals surface area contributed by atoms with Gasteiger partial charge in [-0.05, 0) is 49.8 Å². The fourth-order valence-electron chi connectivity index (χ4n) is 4.72. The van der Waals surface area contributed by atoms with Crippen LogP contribution in [0.5, 0.6) is 5.75 Å². The summed E-state index contributed by atoms with van der Waals surface area (Å²) in [5, 5.41) is 3.86. The lowest BCUT2D eigenvalue weighted by atomic mass is 9.85. The summed E-state index contributed by atoms with van der Waals surface area (Å²) in [5.41, 5.74) is 0.722. The molecule has 2 heterocycles. The van der Waals surface area contributed by atoms with Crippen molar-refractivity contribution in [3.8, 4) is 5.75 Å². The molecule has 3 amide bonds. The first-order chi connectivity index (χ1) is 14.0. The number of amides is 3. The lowest BCUT2D eigenvalue weighted by molar-refractivity contribution is -0.127. The Hall–Kier alpha value is -1.95. The summed E-state index contributed by atoms with van der Waals surface area (Å²) >= 11 is 6.13. The van der Waals surface area contributed by atoms with Gasteiger partial charge in [-0.3, -0.25) is 9.69 Å². The van der Waals surface area contributed by atoms with E-state index in [-0.39, 0.29) is 17.9 Å². The van der Waals surface area contributed by atoms with Crippen LogP contribution in [-0.4, -0.2) is 49.1 Å². The Morgan fingerprint density at radius 2 is 1.86 bits per heavy atom. The molecule has 1 aromatic rings. The average Bonchev–Trinajstić information content (AvgIpc) is 2.74. The predicted molar refractivity (Wildman–Crippen MR) is 114 cm³/mol. The van der Waals surface area contributed by atoms with Crippen LogP contribution in [0.3, 0.4) is 0 Å². The first kappa shape index (κ1) is 20.3. The van der Waals surface area contributed by atoms with E-state index in [1.165, 1.54) is 19.3 Å². The number of hydrogen-bond acceptors (Lipinski definition) is 3. The molecular formula is C22H30ClN3O3. The number of nitrogens with zero attached hydrogens (tertiary/aromatic N) is 2. The van der Waals surface area contributed by atoms with Crippen molar-refractivity contribution in [2.45, 2.75) is 51.5 Å². The third-order valence-electron chi connectivity index (χ3n) is 6.59. The van der Waals surface area contributed by atoms with Crippen LogP contribution in [0.4, 0.5) is 10.5 Å². The summed E-state index contributed by atoms with van der Waals surface area (Å²) in [4.78, 5) is 29.4. The molecular weight excluding hydrogens is 390 g/mol. The minimum Gasteiger partial charge on any atom is -0.490 e. The zero-order valence-electron chi connectivity index (χ0n) is 17.0. The van der Waals surface area contributed by atoms with E-state index >= 15 is 0 Å². The largest absolute Gasteiger partial charge is 0.490 e. The van der Waals surface area contributed by atoms with Crippen LogP contribution in [0.15, 0.2) is 18.2 Å². The second kappa shape index (κ2) is 8.82. The van der Waals surface area contributed by atoms with Gasteiger partial charge in [0.2, 0.25) is 5.91 Å². The van der Waals surface area contributed by atoms with Gasteiger partial charge in [-0.15, -0.1) is 0 Å². The Balaban J connectivity index is 1.33. The molecule has 0 radical (unpaired) electrons. The van der Waals surface area contributed by atoms with Crippen LogP contribution in [0.25, 0.3) is 0 Å². The van der Waals surface area contributed by atoms with Crippen molar-refractivity contribution >= 4 is 29.2 Å². The van der Waals surface area contributed by atoms with Gasteiger partial charge >= 0.3 is 6.03 Å². The predicted octanol–water partition coefficient (Wildman–Crippen LogP) is 4.07. The number of anilines is 1. The second-order valence-electron chi connectivity index (χ2n) is 8.53. The van der Waals surface area contributed by atoms with E-state index in [1.807, 2.05) is 4.90 Å². The van der Waals surface area contributed by atoms with Gasteiger partial charge in [0.1, 0.15) is 12.4 Å². The topological polar surface area (TPSA) is 61.9 Å². The van der Waals surface area contributed by atoms with Crippen molar-refractivity contribution in [3.05, 3.63) is 23.2 Å². The molecule has 1 aromatic carbocycles. The summed E-state index contributed by atoms with van der Waals surface area (Å²) in [6.07, 6.45) is 6.18. The molecule has 6 nitrogen and oxygen atoms in total. The molecule has 1 saturated heterocycles. The molecule has 0 aromatic heterocycles. The summed E-state index contributed by atoms with van der Waals surface area (Å²) < 4.78 is 5.65. The first-order valence-corrected chi connectivity index (χ1v) is 11.2. The van der Waals surface area contributed by atoms with E-state index < -0.39 is 0 Å². The number of piperidine rings is 1. The number of ether oxygens (including phenoxy) is 1. The molecule has 0 spiro atoms. The lowest BCUT2D eigenvalue weighted by Gasteiger charge is -2.38. The van der Waals surface area contributed by atoms with Crippen LogP contribution in [0.1, 0.15) is 45.4 Å². The molecule has 1 saturated carbocycles. The Morgan fingerprint density at radius 3 is 2.62 bits per heavy atom. The van der Waals surface area contributed by atoms with E-state index in [0.717, 1.165) is 12.1 Å². The number of carbonyl (C=O) groups is 2. The van der Waals surface area contributed by atoms with Gasteiger partial charge in [-0.1, -0.05) is 31.4 Å². The normalized spacial score (nSPS) is 25.2. The van der Waals surface area contributed by atoms with Gasteiger partial charge in [0, 0.05) is 30.1 Å². The Bertz CT molecular complexity index is 764. The van der Waals surface area contributed by atoms with E-state index in [0.29, 0.717) is 61.8 Å². The van der Waals surface area contributed by atoms with E-state index in [4.69, 9.17) is 16.3 Å². The number of hydrogen-bond donors (Lipinski definition) is 1. The van der Waals surface area contributed by atoms with Crippen LogP contribution in [-0.2, 0) is 4.79 Å². The fraction of sp³-hybridized carbons (Fsp3) is 0.636. The van der Waals surface area contributed by atoms with Gasteiger partial charge in [0.05, 0.1) is 12.2 Å². The maximum atomic E-state index is 13.1. The highest BCUT2D eigenvalue weighted by Crippen LogP contribution is 2.35. The zero-order valence-corrected chi connectivity index (χ0v) is 17.8. The van der Waals surface area contributed by atoms with Gasteiger partial charge < -0.3 is 15.0 Å². The first-order valence-electron chi connectivity index (χ1n) is 10.8. The number of likely N-dealkylation sites (tertiary alicyclic amines) is 1. The molecule has 158 valence electrons. The maximum absolute atomic E-state index is 13.1.